The lowest BCUT2D eigenvalue weighted by Gasteiger charge is -2.40. The molecule has 88 valence electrons. The van der Waals surface area contributed by atoms with Crippen LogP contribution in [0.25, 0.3) is 0 Å². The topological polar surface area (TPSA) is 46.5 Å². The zero-order valence-electron chi connectivity index (χ0n) is 10.1. The van der Waals surface area contributed by atoms with E-state index in [2.05, 4.69) is 13.8 Å². The third-order valence-corrected chi connectivity index (χ3v) is 3.45. The summed E-state index contributed by atoms with van der Waals surface area (Å²) in [4.78, 5) is 10.9. The van der Waals surface area contributed by atoms with Crippen LogP contribution in [0.2, 0.25) is 0 Å². The fourth-order valence-electron chi connectivity index (χ4n) is 2.48. The molecule has 0 spiro atoms. The number of hydrogen-bond donors (Lipinski definition) is 1. The van der Waals surface area contributed by atoms with Gasteiger partial charge in [0.2, 0.25) is 0 Å². The Bertz CT molecular complexity index is 225. The van der Waals surface area contributed by atoms with Gasteiger partial charge in [0.15, 0.2) is 0 Å². The lowest BCUT2D eigenvalue weighted by atomic mass is 9.73. The normalized spacial score (nSPS) is 36.7. The number of carbonyl (C=O) groups excluding carboxylic acids is 1. The molecule has 1 fully saturated rings. The van der Waals surface area contributed by atoms with Gasteiger partial charge in [-0.1, -0.05) is 20.8 Å². The van der Waals surface area contributed by atoms with Crippen LogP contribution in [0, 0.1) is 17.8 Å². The van der Waals surface area contributed by atoms with Crippen molar-refractivity contribution in [3.05, 3.63) is 0 Å². The summed E-state index contributed by atoms with van der Waals surface area (Å²) in [6.07, 6.45) is 1.23. The van der Waals surface area contributed by atoms with E-state index >= 15 is 0 Å². The Morgan fingerprint density at radius 1 is 1.40 bits per heavy atom. The Balaban J connectivity index is 2.69. The van der Waals surface area contributed by atoms with Gasteiger partial charge in [-0.05, 0) is 30.6 Å². The van der Waals surface area contributed by atoms with Gasteiger partial charge in [-0.3, -0.25) is 4.79 Å². The van der Waals surface area contributed by atoms with Gasteiger partial charge in [0.25, 0.3) is 0 Å². The fourth-order valence-corrected chi connectivity index (χ4v) is 2.48. The highest BCUT2D eigenvalue weighted by molar-refractivity contribution is 5.66. The summed E-state index contributed by atoms with van der Waals surface area (Å²) >= 11 is 0. The molecule has 0 aromatic heterocycles. The molecule has 0 unspecified atom stereocenters. The van der Waals surface area contributed by atoms with E-state index in [1.165, 1.54) is 6.92 Å². The van der Waals surface area contributed by atoms with E-state index < -0.39 is 6.10 Å². The fraction of sp³-hybridized carbons (Fsp3) is 0.917. The van der Waals surface area contributed by atoms with Crippen molar-refractivity contribution < 1.29 is 14.6 Å². The number of rotatable bonds is 2. The number of aliphatic hydroxyl groups excluding tert-OH is 1. The van der Waals surface area contributed by atoms with Crippen LogP contribution in [0.4, 0.5) is 0 Å². The first-order valence-electron chi connectivity index (χ1n) is 5.78. The highest BCUT2D eigenvalue weighted by atomic mass is 16.6. The molecule has 0 aliphatic heterocycles. The zero-order valence-corrected chi connectivity index (χ0v) is 10.1. The van der Waals surface area contributed by atoms with Crippen molar-refractivity contribution in [2.45, 2.75) is 52.7 Å². The van der Waals surface area contributed by atoms with Gasteiger partial charge in [0.05, 0.1) is 6.10 Å². The van der Waals surface area contributed by atoms with Crippen LogP contribution < -0.4 is 0 Å². The summed E-state index contributed by atoms with van der Waals surface area (Å²) in [6, 6.07) is 0. The minimum absolute atomic E-state index is 0.255. The van der Waals surface area contributed by atoms with Crippen molar-refractivity contribution in [1.29, 1.82) is 0 Å². The second kappa shape index (κ2) is 4.97. The molecular weight excluding hydrogens is 192 g/mol. The second-order valence-corrected chi connectivity index (χ2v) is 5.03. The second-order valence-electron chi connectivity index (χ2n) is 5.03. The van der Waals surface area contributed by atoms with E-state index in [9.17, 15) is 9.90 Å². The van der Waals surface area contributed by atoms with Gasteiger partial charge in [-0.15, -0.1) is 0 Å². The quantitative estimate of drug-likeness (QED) is 0.715. The molecule has 0 heterocycles. The summed E-state index contributed by atoms with van der Waals surface area (Å²) in [5.41, 5.74) is 0. The van der Waals surface area contributed by atoms with E-state index in [0.29, 0.717) is 5.92 Å². The molecule has 1 aliphatic rings. The molecule has 0 aromatic rings. The minimum Gasteiger partial charge on any atom is -0.460 e. The summed E-state index contributed by atoms with van der Waals surface area (Å²) in [6.45, 7) is 7.65. The van der Waals surface area contributed by atoms with Crippen LogP contribution in [-0.4, -0.2) is 23.3 Å². The summed E-state index contributed by atoms with van der Waals surface area (Å²) in [5.74, 6) is 0.658. The van der Waals surface area contributed by atoms with Gasteiger partial charge in [0, 0.05) is 6.92 Å². The highest BCUT2D eigenvalue weighted by Gasteiger charge is 2.39. The Hall–Kier alpha value is -0.570. The Morgan fingerprint density at radius 2 is 2.00 bits per heavy atom. The molecule has 3 heteroatoms. The zero-order chi connectivity index (χ0) is 11.6. The number of ether oxygens (including phenoxy) is 1. The van der Waals surface area contributed by atoms with Crippen LogP contribution in [0.3, 0.4) is 0 Å². The first-order chi connectivity index (χ1) is 6.93. The predicted molar refractivity (Wildman–Crippen MR) is 58.3 cm³/mol. The van der Waals surface area contributed by atoms with E-state index in [1.807, 2.05) is 6.92 Å². The molecule has 0 aromatic carbocycles. The lowest BCUT2D eigenvalue weighted by molar-refractivity contribution is -0.165. The summed E-state index contributed by atoms with van der Waals surface area (Å²) in [5, 5.41) is 10.1. The minimum atomic E-state index is -0.502. The van der Waals surface area contributed by atoms with Gasteiger partial charge < -0.3 is 9.84 Å². The molecule has 1 N–H and O–H groups in total. The molecule has 0 bridgehead atoms. The Kier molecular flexibility index (Phi) is 4.14. The molecular formula is C12H22O3. The largest absolute Gasteiger partial charge is 0.460 e. The number of hydrogen-bond acceptors (Lipinski definition) is 3. The molecule has 1 rings (SSSR count). The Labute approximate surface area is 91.8 Å². The molecule has 0 saturated heterocycles. The SMILES string of the molecule is CC(=O)O[C@@H]1[C@@H](O)[C@H](C(C)C)CC[C@H]1C. The van der Waals surface area contributed by atoms with E-state index in [-0.39, 0.29) is 23.9 Å². The van der Waals surface area contributed by atoms with E-state index in [0.717, 1.165) is 12.8 Å². The molecule has 0 amide bonds. The van der Waals surface area contributed by atoms with Crippen LogP contribution in [-0.2, 0) is 9.53 Å². The van der Waals surface area contributed by atoms with Crippen molar-refractivity contribution in [3.63, 3.8) is 0 Å². The van der Waals surface area contributed by atoms with Crippen LogP contribution >= 0.6 is 0 Å². The lowest BCUT2D eigenvalue weighted by Crippen LogP contribution is -2.46. The Morgan fingerprint density at radius 3 is 2.47 bits per heavy atom. The van der Waals surface area contributed by atoms with E-state index in [4.69, 9.17) is 4.74 Å². The maximum atomic E-state index is 10.9. The van der Waals surface area contributed by atoms with Crippen molar-refractivity contribution >= 4 is 5.97 Å². The molecule has 15 heavy (non-hydrogen) atoms. The standard InChI is InChI=1S/C12H22O3/c1-7(2)10-6-5-8(3)12(11(10)14)15-9(4)13/h7-8,10-12,14H,5-6H2,1-4H3/t8-,10+,11+,12+/m1/s1. The molecule has 4 atom stereocenters. The molecule has 1 saturated carbocycles. The number of carbonyl (C=O) groups is 1. The van der Waals surface area contributed by atoms with Crippen molar-refractivity contribution in [2.75, 3.05) is 0 Å². The number of esters is 1. The average Bonchev–Trinajstić information content (AvgIpc) is 2.11. The third-order valence-electron chi connectivity index (χ3n) is 3.45. The maximum Gasteiger partial charge on any atom is 0.303 e. The molecule has 0 radical (unpaired) electrons. The monoisotopic (exact) mass is 214 g/mol. The van der Waals surface area contributed by atoms with Crippen molar-refractivity contribution in [1.82, 2.24) is 0 Å². The van der Waals surface area contributed by atoms with Gasteiger partial charge in [-0.2, -0.15) is 0 Å². The van der Waals surface area contributed by atoms with Crippen molar-refractivity contribution in [3.8, 4) is 0 Å². The smallest absolute Gasteiger partial charge is 0.303 e. The first kappa shape index (κ1) is 12.5. The van der Waals surface area contributed by atoms with Gasteiger partial charge >= 0.3 is 5.97 Å². The first-order valence-corrected chi connectivity index (χ1v) is 5.78. The summed E-state index contributed by atoms with van der Waals surface area (Å²) < 4.78 is 5.21. The predicted octanol–water partition coefficient (Wildman–Crippen LogP) is 1.98. The molecule has 1 aliphatic carbocycles. The summed E-state index contributed by atoms with van der Waals surface area (Å²) in [7, 11) is 0. The van der Waals surface area contributed by atoms with Crippen molar-refractivity contribution in [2.24, 2.45) is 17.8 Å². The highest BCUT2D eigenvalue weighted by Crippen LogP contribution is 2.35. The van der Waals surface area contributed by atoms with Gasteiger partial charge in [-0.25, -0.2) is 0 Å². The van der Waals surface area contributed by atoms with Crippen LogP contribution in [0.5, 0.6) is 0 Å². The maximum absolute atomic E-state index is 10.9. The van der Waals surface area contributed by atoms with Gasteiger partial charge in [0.1, 0.15) is 6.10 Å². The number of aliphatic hydroxyl groups is 1. The van der Waals surface area contributed by atoms with Crippen LogP contribution in [0.1, 0.15) is 40.5 Å². The third kappa shape index (κ3) is 2.94. The molecule has 3 nitrogen and oxygen atoms in total. The average molecular weight is 214 g/mol. The van der Waals surface area contributed by atoms with E-state index in [1.54, 1.807) is 0 Å². The van der Waals surface area contributed by atoms with Crippen LogP contribution in [0.15, 0.2) is 0 Å².